The van der Waals surface area contributed by atoms with Crippen LogP contribution in [0.5, 0.6) is 0 Å². The smallest absolute Gasteiger partial charge is 0.166 e. The molecule has 84 valence electrons. The Balaban J connectivity index is 2.42. The van der Waals surface area contributed by atoms with E-state index < -0.39 is 6.10 Å². The van der Waals surface area contributed by atoms with Gasteiger partial charge < -0.3 is 9.67 Å². The van der Waals surface area contributed by atoms with Gasteiger partial charge in [-0.15, -0.1) is 0 Å². The predicted octanol–water partition coefficient (Wildman–Crippen LogP) is 2.81. The number of hydrogen-bond donors (Lipinski definition) is 1. The molecule has 1 aromatic heterocycles. The topological polar surface area (TPSA) is 38.0 Å². The van der Waals surface area contributed by atoms with Gasteiger partial charge in [-0.2, -0.15) is 0 Å². The Morgan fingerprint density at radius 2 is 1.88 bits per heavy atom. The van der Waals surface area contributed by atoms with Crippen molar-refractivity contribution in [2.75, 3.05) is 0 Å². The molecule has 0 saturated carbocycles. The fourth-order valence-corrected chi connectivity index (χ4v) is 1.83. The molecule has 1 heterocycles. The molecule has 0 amide bonds. The van der Waals surface area contributed by atoms with Crippen LogP contribution in [0.25, 0.3) is 0 Å². The third-order valence-corrected chi connectivity index (χ3v) is 3.17. The van der Waals surface area contributed by atoms with Crippen LogP contribution in [-0.2, 0) is 7.05 Å². The number of halogens is 2. The Kier molecular flexibility index (Phi) is 3.19. The molecular formula is C11H10Cl2N2O. The standard InChI is InChI=1S/C11H10Cl2N2O/c1-15-10(13)9(12)14-11(15)8(16)7-5-3-2-4-6-7/h2-6,8,16H,1H3/t8-/m0/s1. The monoisotopic (exact) mass is 256 g/mol. The minimum absolute atomic E-state index is 0.203. The lowest BCUT2D eigenvalue weighted by Crippen LogP contribution is -2.07. The van der Waals surface area contributed by atoms with Gasteiger partial charge in [0.2, 0.25) is 0 Å². The van der Waals surface area contributed by atoms with Crippen LogP contribution in [0.3, 0.4) is 0 Å². The molecule has 16 heavy (non-hydrogen) atoms. The van der Waals surface area contributed by atoms with Crippen molar-refractivity contribution in [2.24, 2.45) is 7.05 Å². The van der Waals surface area contributed by atoms with Crippen LogP contribution in [0.1, 0.15) is 17.5 Å². The molecule has 1 atom stereocenters. The summed E-state index contributed by atoms with van der Waals surface area (Å²) in [5.41, 5.74) is 0.754. The number of hydrogen-bond acceptors (Lipinski definition) is 2. The highest BCUT2D eigenvalue weighted by Crippen LogP contribution is 2.27. The maximum atomic E-state index is 10.1. The first-order chi connectivity index (χ1) is 7.61. The quantitative estimate of drug-likeness (QED) is 0.898. The molecule has 0 fully saturated rings. The lowest BCUT2D eigenvalue weighted by molar-refractivity contribution is 0.206. The van der Waals surface area contributed by atoms with Crippen LogP contribution in [0.4, 0.5) is 0 Å². The Morgan fingerprint density at radius 1 is 1.25 bits per heavy atom. The van der Waals surface area contributed by atoms with E-state index in [1.54, 1.807) is 11.6 Å². The second-order valence-corrected chi connectivity index (χ2v) is 4.14. The van der Waals surface area contributed by atoms with Crippen LogP contribution in [0.2, 0.25) is 10.3 Å². The summed E-state index contributed by atoms with van der Waals surface area (Å²) in [6, 6.07) is 9.23. The molecule has 3 nitrogen and oxygen atoms in total. The molecule has 0 aliphatic rings. The Labute approximate surface area is 103 Å². The number of aliphatic hydroxyl groups excluding tert-OH is 1. The fraction of sp³-hybridized carbons (Fsp3) is 0.182. The molecule has 2 aromatic rings. The zero-order chi connectivity index (χ0) is 11.7. The van der Waals surface area contributed by atoms with Gasteiger partial charge in [0, 0.05) is 7.05 Å². The molecular weight excluding hydrogens is 247 g/mol. The third kappa shape index (κ3) is 1.94. The van der Waals surface area contributed by atoms with E-state index in [4.69, 9.17) is 23.2 Å². The summed E-state index contributed by atoms with van der Waals surface area (Å²) in [7, 11) is 1.71. The van der Waals surface area contributed by atoms with Crippen LogP contribution in [0, 0.1) is 0 Å². The van der Waals surface area contributed by atoms with Crippen LogP contribution in [0.15, 0.2) is 30.3 Å². The van der Waals surface area contributed by atoms with Crippen molar-refractivity contribution >= 4 is 23.2 Å². The summed E-state index contributed by atoms with van der Waals surface area (Å²) in [6.45, 7) is 0. The fourth-order valence-electron chi connectivity index (χ4n) is 1.49. The summed E-state index contributed by atoms with van der Waals surface area (Å²) in [5.74, 6) is 0.432. The summed E-state index contributed by atoms with van der Waals surface area (Å²) in [4.78, 5) is 4.03. The number of aromatic nitrogens is 2. The molecule has 0 spiro atoms. The van der Waals surface area contributed by atoms with Gasteiger partial charge in [-0.3, -0.25) is 0 Å². The summed E-state index contributed by atoms with van der Waals surface area (Å²) in [5, 5.41) is 10.6. The predicted molar refractivity (Wildman–Crippen MR) is 63.7 cm³/mol. The van der Waals surface area contributed by atoms with Crippen molar-refractivity contribution in [3.63, 3.8) is 0 Å². The number of nitrogens with zero attached hydrogens (tertiary/aromatic N) is 2. The van der Waals surface area contributed by atoms with E-state index in [0.29, 0.717) is 11.0 Å². The van der Waals surface area contributed by atoms with Crippen molar-refractivity contribution in [1.29, 1.82) is 0 Å². The van der Waals surface area contributed by atoms with E-state index in [1.165, 1.54) is 0 Å². The zero-order valence-electron chi connectivity index (χ0n) is 8.56. The molecule has 1 N–H and O–H groups in total. The highest BCUT2D eigenvalue weighted by molar-refractivity contribution is 6.40. The normalized spacial score (nSPS) is 12.8. The van der Waals surface area contributed by atoms with Gasteiger partial charge in [0.1, 0.15) is 17.1 Å². The first kappa shape index (κ1) is 11.5. The maximum absolute atomic E-state index is 10.1. The maximum Gasteiger partial charge on any atom is 0.166 e. The average Bonchev–Trinajstić information content (AvgIpc) is 2.57. The number of imidazole rings is 1. The van der Waals surface area contributed by atoms with Crippen molar-refractivity contribution in [3.8, 4) is 0 Å². The second kappa shape index (κ2) is 4.45. The minimum Gasteiger partial charge on any atom is -0.380 e. The van der Waals surface area contributed by atoms with Crippen LogP contribution >= 0.6 is 23.2 Å². The van der Waals surface area contributed by atoms with Gasteiger partial charge >= 0.3 is 0 Å². The van der Waals surface area contributed by atoms with E-state index in [0.717, 1.165) is 5.56 Å². The van der Waals surface area contributed by atoms with E-state index in [2.05, 4.69) is 4.98 Å². The van der Waals surface area contributed by atoms with Crippen molar-refractivity contribution < 1.29 is 5.11 Å². The molecule has 5 heteroatoms. The SMILES string of the molecule is Cn1c([C@@H](O)c2ccccc2)nc(Cl)c1Cl. The summed E-state index contributed by atoms with van der Waals surface area (Å²) in [6.07, 6.45) is -0.823. The first-order valence-corrected chi connectivity index (χ1v) is 5.47. The van der Waals surface area contributed by atoms with Gasteiger partial charge in [0.25, 0.3) is 0 Å². The molecule has 0 aliphatic carbocycles. The highest BCUT2D eigenvalue weighted by Gasteiger charge is 2.19. The van der Waals surface area contributed by atoms with E-state index in [-0.39, 0.29) is 5.15 Å². The van der Waals surface area contributed by atoms with Gasteiger partial charge in [0.15, 0.2) is 5.15 Å². The molecule has 0 radical (unpaired) electrons. The minimum atomic E-state index is -0.823. The van der Waals surface area contributed by atoms with E-state index >= 15 is 0 Å². The number of rotatable bonds is 2. The molecule has 0 unspecified atom stereocenters. The van der Waals surface area contributed by atoms with E-state index in [1.807, 2.05) is 30.3 Å². The highest BCUT2D eigenvalue weighted by atomic mass is 35.5. The first-order valence-electron chi connectivity index (χ1n) is 4.72. The number of benzene rings is 1. The van der Waals surface area contributed by atoms with Crippen molar-refractivity contribution in [1.82, 2.24) is 9.55 Å². The van der Waals surface area contributed by atoms with E-state index in [9.17, 15) is 5.11 Å². The average molecular weight is 257 g/mol. The largest absolute Gasteiger partial charge is 0.380 e. The van der Waals surface area contributed by atoms with Gasteiger partial charge in [-0.1, -0.05) is 53.5 Å². The molecule has 2 rings (SSSR count). The zero-order valence-corrected chi connectivity index (χ0v) is 10.1. The van der Waals surface area contributed by atoms with Crippen LogP contribution in [-0.4, -0.2) is 14.7 Å². The van der Waals surface area contributed by atoms with Gasteiger partial charge in [-0.05, 0) is 5.56 Å². The van der Waals surface area contributed by atoms with Gasteiger partial charge in [0.05, 0.1) is 0 Å². The lowest BCUT2D eigenvalue weighted by atomic mass is 10.1. The molecule has 1 aromatic carbocycles. The Bertz CT molecular complexity index is 496. The van der Waals surface area contributed by atoms with Gasteiger partial charge in [-0.25, -0.2) is 4.98 Å². The Morgan fingerprint density at radius 3 is 2.38 bits per heavy atom. The lowest BCUT2D eigenvalue weighted by Gasteiger charge is -2.10. The molecule has 0 aliphatic heterocycles. The van der Waals surface area contributed by atoms with Crippen LogP contribution < -0.4 is 0 Å². The summed E-state index contributed by atoms with van der Waals surface area (Å²) >= 11 is 11.7. The number of aliphatic hydroxyl groups is 1. The molecule has 0 bridgehead atoms. The van der Waals surface area contributed by atoms with Crippen molar-refractivity contribution in [2.45, 2.75) is 6.10 Å². The third-order valence-electron chi connectivity index (χ3n) is 2.38. The Hall–Kier alpha value is -1.03. The van der Waals surface area contributed by atoms with Crippen molar-refractivity contribution in [3.05, 3.63) is 52.0 Å². The second-order valence-electron chi connectivity index (χ2n) is 3.42. The molecule has 0 saturated heterocycles. The summed E-state index contributed by atoms with van der Waals surface area (Å²) < 4.78 is 1.57.